The first-order valence-electron chi connectivity index (χ1n) is 10.4. The number of benzene rings is 1. The van der Waals surface area contributed by atoms with Gasteiger partial charge in [-0.3, -0.25) is 9.69 Å². The number of fused-ring (bicyclic) bond motifs is 1. The standard InChI is InChI=1S/C23H23ClN4O3S/c1-14-9-16(24)10-18(15(14)2)21-22-19(25-13-26-21)11-17(32-22)12-28-20(30)5-7-27(23(28)31)6-3-4-8-29/h8-11,13H,3-7,12H2,1-2H3. The molecule has 1 aliphatic heterocycles. The van der Waals surface area contributed by atoms with Gasteiger partial charge in [-0.15, -0.1) is 11.3 Å². The molecule has 0 atom stereocenters. The average molecular weight is 471 g/mol. The van der Waals surface area contributed by atoms with Gasteiger partial charge in [0.15, 0.2) is 0 Å². The largest absolute Gasteiger partial charge is 0.327 e. The third kappa shape index (κ3) is 4.38. The van der Waals surface area contributed by atoms with Crippen LogP contribution in [0.1, 0.15) is 35.3 Å². The lowest BCUT2D eigenvalue weighted by Gasteiger charge is -2.33. The molecule has 0 unspecified atom stereocenters. The molecule has 3 amide bonds. The van der Waals surface area contributed by atoms with E-state index in [1.54, 1.807) is 4.90 Å². The van der Waals surface area contributed by atoms with Crippen molar-refractivity contribution >= 4 is 51.4 Å². The maximum absolute atomic E-state index is 12.9. The van der Waals surface area contributed by atoms with Gasteiger partial charge in [-0.05, 0) is 49.6 Å². The molecule has 7 nitrogen and oxygen atoms in total. The number of aryl methyl sites for hydroxylation is 1. The van der Waals surface area contributed by atoms with Crippen LogP contribution in [0.5, 0.6) is 0 Å². The number of unbranched alkanes of at least 4 members (excludes halogenated alkanes) is 1. The van der Waals surface area contributed by atoms with Crippen molar-refractivity contribution in [2.45, 2.75) is 39.7 Å². The van der Waals surface area contributed by atoms with E-state index in [4.69, 9.17) is 11.6 Å². The van der Waals surface area contributed by atoms with E-state index in [0.29, 0.717) is 31.0 Å². The molecule has 1 aromatic carbocycles. The summed E-state index contributed by atoms with van der Waals surface area (Å²) in [5, 5.41) is 0.644. The van der Waals surface area contributed by atoms with E-state index in [1.807, 2.05) is 32.0 Å². The molecule has 3 heterocycles. The average Bonchev–Trinajstić information content (AvgIpc) is 3.18. The Bertz CT molecular complexity index is 1210. The number of amides is 3. The quantitative estimate of drug-likeness (QED) is 0.367. The Morgan fingerprint density at radius 3 is 2.78 bits per heavy atom. The number of hydrogen-bond donors (Lipinski definition) is 0. The third-order valence-electron chi connectivity index (χ3n) is 5.71. The van der Waals surface area contributed by atoms with Crippen LogP contribution in [0.15, 0.2) is 24.5 Å². The number of halogens is 1. The van der Waals surface area contributed by atoms with Gasteiger partial charge in [0.2, 0.25) is 5.91 Å². The van der Waals surface area contributed by atoms with Crippen molar-refractivity contribution in [2.24, 2.45) is 0 Å². The first-order valence-corrected chi connectivity index (χ1v) is 11.6. The second-order valence-electron chi connectivity index (χ2n) is 7.85. The number of thiophene rings is 1. The minimum Gasteiger partial charge on any atom is -0.324 e. The summed E-state index contributed by atoms with van der Waals surface area (Å²) in [7, 11) is 0. The molecule has 0 radical (unpaired) electrons. The SMILES string of the molecule is Cc1cc(Cl)cc(-c2ncnc3cc(CN4C(=O)CCN(CCCC=O)C4=O)sc23)c1C. The zero-order chi connectivity index (χ0) is 22.8. The Kier molecular flexibility index (Phi) is 6.53. The fraction of sp³-hybridized carbons (Fsp3) is 0.348. The highest BCUT2D eigenvalue weighted by Crippen LogP contribution is 2.36. The van der Waals surface area contributed by atoms with Crippen LogP contribution in [0.4, 0.5) is 4.79 Å². The van der Waals surface area contributed by atoms with Gasteiger partial charge in [-0.1, -0.05) is 11.6 Å². The van der Waals surface area contributed by atoms with Crippen LogP contribution in [0, 0.1) is 13.8 Å². The maximum atomic E-state index is 12.9. The smallest absolute Gasteiger partial charge is 0.324 e. The van der Waals surface area contributed by atoms with Crippen LogP contribution in [-0.4, -0.2) is 51.1 Å². The number of aromatic nitrogens is 2. The molecule has 4 rings (SSSR count). The predicted molar refractivity (Wildman–Crippen MR) is 125 cm³/mol. The molecule has 0 bridgehead atoms. The summed E-state index contributed by atoms with van der Waals surface area (Å²) in [5.74, 6) is -0.188. The zero-order valence-corrected chi connectivity index (χ0v) is 19.5. The fourth-order valence-corrected chi connectivity index (χ4v) is 5.23. The highest BCUT2D eigenvalue weighted by molar-refractivity contribution is 7.19. The maximum Gasteiger partial charge on any atom is 0.327 e. The topological polar surface area (TPSA) is 83.5 Å². The number of carbonyl (C=O) groups is 3. The Labute approximate surface area is 195 Å². The number of nitrogens with zero attached hydrogens (tertiary/aromatic N) is 4. The Morgan fingerprint density at radius 1 is 1.19 bits per heavy atom. The summed E-state index contributed by atoms with van der Waals surface area (Å²) >= 11 is 7.78. The summed E-state index contributed by atoms with van der Waals surface area (Å²) in [6, 6.07) is 5.42. The molecule has 32 heavy (non-hydrogen) atoms. The Hall–Kier alpha value is -2.84. The summed E-state index contributed by atoms with van der Waals surface area (Å²) in [5.41, 5.74) is 4.68. The van der Waals surface area contributed by atoms with Crippen LogP contribution < -0.4 is 0 Å². The summed E-state index contributed by atoms with van der Waals surface area (Å²) in [6.07, 6.45) is 3.64. The fourth-order valence-electron chi connectivity index (χ4n) is 3.86. The Morgan fingerprint density at radius 2 is 2.00 bits per heavy atom. The number of imide groups is 1. The van der Waals surface area contributed by atoms with E-state index in [-0.39, 0.29) is 24.9 Å². The molecule has 166 valence electrons. The zero-order valence-electron chi connectivity index (χ0n) is 17.9. The van der Waals surface area contributed by atoms with Crippen molar-refractivity contribution in [3.63, 3.8) is 0 Å². The van der Waals surface area contributed by atoms with Gasteiger partial charge in [0, 0.05) is 41.4 Å². The van der Waals surface area contributed by atoms with Gasteiger partial charge in [-0.25, -0.2) is 14.8 Å². The third-order valence-corrected chi connectivity index (χ3v) is 7.05. The van der Waals surface area contributed by atoms with E-state index in [9.17, 15) is 14.4 Å². The molecule has 9 heteroatoms. The van der Waals surface area contributed by atoms with Crippen molar-refractivity contribution < 1.29 is 14.4 Å². The van der Waals surface area contributed by atoms with Gasteiger partial charge in [0.1, 0.15) is 12.6 Å². The number of aldehydes is 1. The lowest BCUT2D eigenvalue weighted by Crippen LogP contribution is -2.51. The Balaban J connectivity index is 1.64. The molecular formula is C23H23ClN4O3S. The van der Waals surface area contributed by atoms with Crippen LogP contribution in [-0.2, 0) is 16.1 Å². The van der Waals surface area contributed by atoms with Crippen molar-refractivity contribution in [1.29, 1.82) is 0 Å². The summed E-state index contributed by atoms with van der Waals surface area (Å²) < 4.78 is 0.895. The minimum atomic E-state index is -0.308. The number of carbonyl (C=O) groups excluding carboxylic acids is 3. The lowest BCUT2D eigenvalue weighted by molar-refractivity contribution is -0.131. The number of hydrogen-bond acceptors (Lipinski definition) is 6. The highest BCUT2D eigenvalue weighted by atomic mass is 35.5. The molecular weight excluding hydrogens is 448 g/mol. The number of rotatable bonds is 7. The van der Waals surface area contributed by atoms with Crippen molar-refractivity contribution in [3.05, 3.63) is 45.6 Å². The van der Waals surface area contributed by atoms with E-state index < -0.39 is 0 Å². The van der Waals surface area contributed by atoms with Crippen LogP contribution in [0.3, 0.4) is 0 Å². The van der Waals surface area contributed by atoms with Crippen LogP contribution >= 0.6 is 22.9 Å². The summed E-state index contributed by atoms with van der Waals surface area (Å²) in [4.78, 5) is 48.6. The molecule has 0 N–H and O–H groups in total. The second-order valence-corrected chi connectivity index (χ2v) is 9.43. The first-order chi connectivity index (χ1) is 15.4. The molecule has 1 aliphatic rings. The molecule has 0 saturated carbocycles. The van der Waals surface area contributed by atoms with Crippen molar-refractivity contribution in [3.8, 4) is 11.3 Å². The van der Waals surface area contributed by atoms with E-state index in [1.165, 1.54) is 22.6 Å². The van der Waals surface area contributed by atoms with E-state index in [0.717, 1.165) is 43.8 Å². The van der Waals surface area contributed by atoms with Gasteiger partial charge in [0.25, 0.3) is 0 Å². The molecule has 3 aromatic rings. The van der Waals surface area contributed by atoms with Gasteiger partial charge < -0.3 is 9.69 Å². The monoisotopic (exact) mass is 470 g/mol. The van der Waals surface area contributed by atoms with Gasteiger partial charge in [0.05, 0.1) is 22.5 Å². The molecule has 0 spiro atoms. The minimum absolute atomic E-state index is 0.188. The number of urea groups is 1. The second kappa shape index (κ2) is 9.34. The normalized spacial score (nSPS) is 14.5. The van der Waals surface area contributed by atoms with Crippen LogP contribution in [0.25, 0.3) is 21.5 Å². The van der Waals surface area contributed by atoms with E-state index >= 15 is 0 Å². The molecule has 1 fully saturated rings. The molecule has 0 aliphatic carbocycles. The van der Waals surface area contributed by atoms with Gasteiger partial charge in [-0.2, -0.15) is 0 Å². The highest BCUT2D eigenvalue weighted by Gasteiger charge is 2.32. The lowest BCUT2D eigenvalue weighted by atomic mass is 10.0. The van der Waals surface area contributed by atoms with E-state index in [2.05, 4.69) is 9.97 Å². The van der Waals surface area contributed by atoms with Crippen LogP contribution in [0.2, 0.25) is 5.02 Å². The first kappa shape index (κ1) is 22.4. The predicted octanol–water partition coefficient (Wildman–Crippen LogP) is 4.76. The van der Waals surface area contributed by atoms with Gasteiger partial charge >= 0.3 is 6.03 Å². The molecule has 2 aromatic heterocycles. The van der Waals surface area contributed by atoms with Crippen molar-refractivity contribution in [1.82, 2.24) is 19.8 Å². The molecule has 1 saturated heterocycles. The van der Waals surface area contributed by atoms with Crippen molar-refractivity contribution in [2.75, 3.05) is 13.1 Å². The summed E-state index contributed by atoms with van der Waals surface area (Å²) in [6.45, 7) is 5.10.